The predicted molar refractivity (Wildman–Crippen MR) is 56.9 cm³/mol. The van der Waals surface area contributed by atoms with Gasteiger partial charge in [-0.3, -0.25) is 0 Å². The van der Waals surface area contributed by atoms with E-state index in [1.54, 1.807) is 13.0 Å². The van der Waals surface area contributed by atoms with Gasteiger partial charge in [-0.25, -0.2) is 13.6 Å². The summed E-state index contributed by atoms with van der Waals surface area (Å²) >= 11 is 1.91. The van der Waals surface area contributed by atoms with E-state index in [-0.39, 0.29) is 10.6 Å². The molecule has 6 heteroatoms. The molecule has 0 radical (unpaired) electrons. The van der Waals surface area contributed by atoms with Crippen molar-refractivity contribution in [2.45, 2.75) is 11.8 Å². The van der Waals surface area contributed by atoms with Crippen LogP contribution in [0.3, 0.4) is 0 Å². The normalized spacial score (nSPS) is 11.6. The molecule has 0 amide bonds. The minimum Gasteiger partial charge on any atom is -0.507 e. The first kappa shape index (κ1) is 10.7. The highest BCUT2D eigenvalue weighted by molar-refractivity contribution is 14.1. The number of aromatic hydroxyl groups is 1. The summed E-state index contributed by atoms with van der Waals surface area (Å²) in [6.07, 6.45) is 0. The third-order valence-electron chi connectivity index (χ3n) is 1.55. The van der Waals surface area contributed by atoms with Crippen molar-refractivity contribution in [1.29, 1.82) is 0 Å². The second kappa shape index (κ2) is 3.43. The SMILES string of the molecule is Cc1cc(I)c(O)cc1S(N)(=O)=O. The van der Waals surface area contributed by atoms with E-state index in [1.165, 1.54) is 0 Å². The molecule has 72 valence electrons. The maximum atomic E-state index is 11.0. The van der Waals surface area contributed by atoms with Crippen molar-refractivity contribution >= 4 is 32.6 Å². The van der Waals surface area contributed by atoms with Gasteiger partial charge in [0.1, 0.15) is 5.75 Å². The van der Waals surface area contributed by atoms with E-state index < -0.39 is 10.0 Å². The maximum Gasteiger partial charge on any atom is 0.238 e. The monoisotopic (exact) mass is 313 g/mol. The molecule has 13 heavy (non-hydrogen) atoms. The Morgan fingerprint density at radius 1 is 1.46 bits per heavy atom. The predicted octanol–water partition coefficient (Wildman–Crippen LogP) is 0.953. The van der Waals surface area contributed by atoms with E-state index in [9.17, 15) is 13.5 Å². The van der Waals surface area contributed by atoms with Crippen molar-refractivity contribution < 1.29 is 13.5 Å². The van der Waals surface area contributed by atoms with Gasteiger partial charge in [-0.1, -0.05) is 0 Å². The van der Waals surface area contributed by atoms with Crippen molar-refractivity contribution in [3.8, 4) is 5.75 Å². The summed E-state index contributed by atoms with van der Waals surface area (Å²) in [5.74, 6) is -0.0739. The van der Waals surface area contributed by atoms with E-state index in [1.807, 2.05) is 22.6 Å². The summed E-state index contributed by atoms with van der Waals surface area (Å²) in [5.41, 5.74) is 0.532. The Balaban J connectivity index is 3.50. The summed E-state index contributed by atoms with van der Waals surface area (Å²) < 4.78 is 22.6. The first-order valence-electron chi connectivity index (χ1n) is 3.34. The van der Waals surface area contributed by atoms with Gasteiger partial charge in [0, 0.05) is 6.07 Å². The highest BCUT2D eigenvalue weighted by atomic mass is 127. The third kappa shape index (κ3) is 2.32. The van der Waals surface area contributed by atoms with Gasteiger partial charge >= 0.3 is 0 Å². The summed E-state index contributed by atoms with van der Waals surface area (Å²) in [5, 5.41) is 14.2. The zero-order chi connectivity index (χ0) is 10.2. The van der Waals surface area contributed by atoms with Crippen LogP contribution < -0.4 is 5.14 Å². The summed E-state index contributed by atoms with van der Waals surface area (Å²) in [7, 11) is -3.74. The number of phenolic OH excluding ortho intramolecular Hbond substituents is 1. The van der Waals surface area contributed by atoms with E-state index >= 15 is 0 Å². The molecule has 0 saturated heterocycles. The van der Waals surface area contributed by atoms with Crippen molar-refractivity contribution in [3.63, 3.8) is 0 Å². The van der Waals surface area contributed by atoms with Crippen LogP contribution in [0.25, 0.3) is 0 Å². The Morgan fingerprint density at radius 2 is 2.00 bits per heavy atom. The van der Waals surface area contributed by atoms with Crippen LogP contribution in [-0.4, -0.2) is 13.5 Å². The summed E-state index contributed by atoms with van der Waals surface area (Å²) in [6.45, 7) is 1.63. The van der Waals surface area contributed by atoms with Gasteiger partial charge in [0.25, 0.3) is 0 Å². The zero-order valence-electron chi connectivity index (χ0n) is 6.78. The fraction of sp³-hybridized carbons (Fsp3) is 0.143. The number of phenols is 1. The lowest BCUT2D eigenvalue weighted by molar-refractivity contribution is 0.469. The molecule has 1 rings (SSSR count). The Hall–Kier alpha value is -0.340. The molecule has 0 aromatic heterocycles. The molecule has 0 saturated carbocycles. The number of benzene rings is 1. The van der Waals surface area contributed by atoms with Crippen LogP contribution in [0.5, 0.6) is 5.75 Å². The lowest BCUT2D eigenvalue weighted by atomic mass is 10.2. The summed E-state index contributed by atoms with van der Waals surface area (Å²) in [4.78, 5) is -0.0367. The Bertz CT molecular complexity index is 441. The number of hydrogen-bond acceptors (Lipinski definition) is 3. The molecule has 0 heterocycles. The van der Waals surface area contributed by atoms with Crippen LogP contribution >= 0.6 is 22.6 Å². The Morgan fingerprint density at radius 3 is 2.46 bits per heavy atom. The third-order valence-corrected chi connectivity index (χ3v) is 3.47. The van der Waals surface area contributed by atoms with Gasteiger partial charge in [0.2, 0.25) is 10.0 Å². The molecule has 0 bridgehead atoms. The van der Waals surface area contributed by atoms with Crippen molar-refractivity contribution in [2.75, 3.05) is 0 Å². The van der Waals surface area contributed by atoms with Gasteiger partial charge in [-0.15, -0.1) is 0 Å². The molecule has 0 atom stereocenters. The minimum atomic E-state index is -3.74. The van der Waals surface area contributed by atoms with E-state index in [2.05, 4.69) is 0 Å². The molecule has 3 N–H and O–H groups in total. The highest BCUT2D eigenvalue weighted by Crippen LogP contribution is 2.25. The van der Waals surface area contributed by atoms with Crippen LogP contribution in [0.15, 0.2) is 17.0 Å². The van der Waals surface area contributed by atoms with Crippen LogP contribution in [0.2, 0.25) is 0 Å². The second-order valence-electron chi connectivity index (χ2n) is 2.61. The van der Waals surface area contributed by atoms with Crippen molar-refractivity contribution in [1.82, 2.24) is 0 Å². The molecule has 0 aliphatic carbocycles. The van der Waals surface area contributed by atoms with Crippen LogP contribution in [0.1, 0.15) is 5.56 Å². The number of aryl methyl sites for hydroxylation is 1. The summed E-state index contributed by atoms with van der Waals surface area (Å²) in [6, 6.07) is 2.72. The van der Waals surface area contributed by atoms with E-state index in [0.717, 1.165) is 6.07 Å². The van der Waals surface area contributed by atoms with Crippen molar-refractivity contribution in [3.05, 3.63) is 21.3 Å². The average Bonchev–Trinajstić information content (AvgIpc) is 1.94. The lowest BCUT2D eigenvalue weighted by Crippen LogP contribution is -2.13. The maximum absolute atomic E-state index is 11.0. The van der Waals surface area contributed by atoms with Crippen LogP contribution in [0.4, 0.5) is 0 Å². The lowest BCUT2D eigenvalue weighted by Gasteiger charge is -2.05. The molecular weight excluding hydrogens is 305 g/mol. The van der Waals surface area contributed by atoms with Gasteiger partial charge in [0.15, 0.2) is 0 Å². The molecule has 0 unspecified atom stereocenters. The smallest absolute Gasteiger partial charge is 0.238 e. The van der Waals surface area contributed by atoms with Gasteiger partial charge in [0.05, 0.1) is 8.47 Å². The molecule has 0 fully saturated rings. The number of sulfonamides is 1. The van der Waals surface area contributed by atoms with Gasteiger partial charge in [-0.2, -0.15) is 0 Å². The number of rotatable bonds is 1. The molecule has 0 spiro atoms. The number of halogens is 1. The minimum absolute atomic E-state index is 0.0367. The van der Waals surface area contributed by atoms with E-state index in [0.29, 0.717) is 9.13 Å². The Kier molecular flexibility index (Phi) is 2.83. The molecule has 0 aliphatic heterocycles. The van der Waals surface area contributed by atoms with Crippen molar-refractivity contribution in [2.24, 2.45) is 5.14 Å². The average molecular weight is 313 g/mol. The quantitative estimate of drug-likeness (QED) is 0.758. The first-order chi connectivity index (χ1) is 5.82. The molecular formula is C7H8INO3S. The van der Waals surface area contributed by atoms with E-state index in [4.69, 9.17) is 5.14 Å². The zero-order valence-corrected chi connectivity index (χ0v) is 9.76. The molecule has 1 aromatic carbocycles. The van der Waals surface area contributed by atoms with Crippen LogP contribution in [-0.2, 0) is 10.0 Å². The highest BCUT2D eigenvalue weighted by Gasteiger charge is 2.13. The second-order valence-corrected chi connectivity index (χ2v) is 5.31. The van der Waals surface area contributed by atoms with Crippen LogP contribution in [0, 0.1) is 10.5 Å². The molecule has 0 aliphatic rings. The fourth-order valence-corrected chi connectivity index (χ4v) is 2.36. The fourth-order valence-electron chi connectivity index (χ4n) is 0.949. The van der Waals surface area contributed by atoms with Gasteiger partial charge in [-0.05, 0) is 41.1 Å². The molecule has 4 nitrogen and oxygen atoms in total. The standard InChI is InChI=1S/C7H8INO3S/c1-4-2-5(8)6(10)3-7(4)13(9,11)12/h2-3,10H,1H3,(H2,9,11,12). The largest absolute Gasteiger partial charge is 0.507 e. The first-order valence-corrected chi connectivity index (χ1v) is 5.97. The molecule has 1 aromatic rings. The topological polar surface area (TPSA) is 80.4 Å². The number of hydrogen-bond donors (Lipinski definition) is 2. The number of primary sulfonamides is 1. The van der Waals surface area contributed by atoms with Gasteiger partial charge < -0.3 is 5.11 Å². The Labute approximate surface area is 90.0 Å². The number of nitrogens with two attached hydrogens (primary N) is 1.